The van der Waals surface area contributed by atoms with Gasteiger partial charge in [0.1, 0.15) is 12.4 Å². The lowest BCUT2D eigenvalue weighted by atomic mass is 10.0. The minimum absolute atomic E-state index is 0.0436. The maximum Gasteiger partial charge on any atom is 0.471 e. The number of rotatable bonds is 5. The first-order valence-electron chi connectivity index (χ1n) is 10.1. The summed E-state index contributed by atoms with van der Waals surface area (Å²) in [6.07, 6.45) is -4.83. The van der Waals surface area contributed by atoms with Gasteiger partial charge >= 0.3 is 12.1 Å². The highest BCUT2D eigenvalue weighted by molar-refractivity contribution is 7.16. The second-order valence-electron chi connectivity index (χ2n) is 7.71. The number of benzene rings is 1. The van der Waals surface area contributed by atoms with Gasteiger partial charge in [0.05, 0.1) is 4.34 Å². The Kier molecular flexibility index (Phi) is 6.64. The molecule has 0 aliphatic carbocycles. The second kappa shape index (κ2) is 9.29. The van der Waals surface area contributed by atoms with Crippen molar-refractivity contribution >= 4 is 34.8 Å². The zero-order valence-corrected chi connectivity index (χ0v) is 18.6. The Bertz CT molecular complexity index is 969. The van der Waals surface area contributed by atoms with Crippen LogP contribution in [0.4, 0.5) is 13.2 Å². The Labute approximate surface area is 192 Å². The molecule has 172 valence electrons. The van der Waals surface area contributed by atoms with E-state index in [1.807, 2.05) is 17.0 Å². The molecule has 2 aromatic rings. The molecule has 1 aromatic carbocycles. The molecule has 0 unspecified atom stereocenters. The number of carbonyl (C=O) groups is 2. The van der Waals surface area contributed by atoms with Crippen LogP contribution >= 0.6 is 22.9 Å². The van der Waals surface area contributed by atoms with Crippen molar-refractivity contribution in [3.05, 3.63) is 51.2 Å². The predicted octanol–water partition coefficient (Wildman–Crippen LogP) is 3.51. The highest BCUT2D eigenvalue weighted by atomic mass is 35.5. The number of likely N-dealkylation sites (tertiary alicyclic amines) is 1. The number of hydrogen-bond donors (Lipinski definition) is 0. The van der Waals surface area contributed by atoms with Gasteiger partial charge in [0, 0.05) is 55.8 Å². The average molecular weight is 488 g/mol. The van der Waals surface area contributed by atoms with Crippen LogP contribution in [0.15, 0.2) is 36.4 Å². The first-order valence-corrected chi connectivity index (χ1v) is 11.3. The fourth-order valence-electron chi connectivity index (χ4n) is 3.78. The molecular formula is C21H21ClF3N3O3S. The number of halogens is 4. The number of amides is 2. The van der Waals surface area contributed by atoms with Crippen LogP contribution < -0.4 is 4.74 Å². The monoisotopic (exact) mass is 487 g/mol. The lowest BCUT2D eigenvalue weighted by Crippen LogP contribution is -2.65. The molecule has 4 rings (SSSR count). The van der Waals surface area contributed by atoms with Gasteiger partial charge in [0.2, 0.25) is 0 Å². The number of thiophene rings is 1. The fraction of sp³-hybridized carbons (Fsp3) is 0.429. The molecule has 0 atom stereocenters. The highest BCUT2D eigenvalue weighted by Gasteiger charge is 2.44. The smallest absolute Gasteiger partial charge is 0.471 e. The van der Waals surface area contributed by atoms with E-state index in [-0.39, 0.29) is 25.0 Å². The minimum Gasteiger partial charge on any atom is -0.488 e. The van der Waals surface area contributed by atoms with Gasteiger partial charge in [0.25, 0.3) is 5.91 Å². The summed E-state index contributed by atoms with van der Waals surface area (Å²) in [5.74, 6) is -1.23. The Balaban J connectivity index is 1.22. The van der Waals surface area contributed by atoms with Crippen LogP contribution in [0.25, 0.3) is 0 Å². The summed E-state index contributed by atoms with van der Waals surface area (Å²) in [4.78, 5) is 29.6. The summed E-state index contributed by atoms with van der Waals surface area (Å²) in [6.45, 7) is 2.27. The van der Waals surface area contributed by atoms with Gasteiger partial charge in [-0.25, -0.2) is 0 Å². The van der Waals surface area contributed by atoms with Crippen molar-refractivity contribution in [3.8, 4) is 5.75 Å². The van der Waals surface area contributed by atoms with E-state index in [0.29, 0.717) is 48.4 Å². The summed E-state index contributed by atoms with van der Waals surface area (Å²) in [6, 6.07) is 10.7. The zero-order valence-electron chi connectivity index (χ0n) is 17.0. The summed E-state index contributed by atoms with van der Waals surface area (Å²) >= 11 is 7.35. The van der Waals surface area contributed by atoms with Crippen LogP contribution in [0, 0.1) is 0 Å². The van der Waals surface area contributed by atoms with Gasteiger partial charge in [-0.1, -0.05) is 11.6 Å². The topological polar surface area (TPSA) is 53.1 Å². The molecule has 0 saturated carbocycles. The molecule has 3 heterocycles. The average Bonchev–Trinajstić information content (AvgIpc) is 3.16. The molecule has 32 heavy (non-hydrogen) atoms. The van der Waals surface area contributed by atoms with Crippen molar-refractivity contribution in [1.29, 1.82) is 0 Å². The van der Waals surface area contributed by atoms with E-state index >= 15 is 0 Å². The zero-order chi connectivity index (χ0) is 22.9. The van der Waals surface area contributed by atoms with E-state index in [0.717, 1.165) is 9.78 Å². The maximum absolute atomic E-state index is 12.7. The van der Waals surface area contributed by atoms with Gasteiger partial charge in [-0.3, -0.25) is 14.5 Å². The molecule has 6 nitrogen and oxygen atoms in total. The summed E-state index contributed by atoms with van der Waals surface area (Å²) < 4.78 is 44.1. The van der Waals surface area contributed by atoms with Crippen LogP contribution in [0.3, 0.4) is 0 Å². The van der Waals surface area contributed by atoms with Gasteiger partial charge in [-0.15, -0.1) is 11.3 Å². The Hall–Kier alpha value is -2.30. The first-order chi connectivity index (χ1) is 15.2. The highest BCUT2D eigenvalue weighted by Crippen LogP contribution is 2.25. The number of piperazine rings is 1. The third-order valence-corrected chi connectivity index (χ3v) is 6.83. The van der Waals surface area contributed by atoms with E-state index < -0.39 is 12.1 Å². The molecule has 2 fully saturated rings. The lowest BCUT2D eigenvalue weighted by molar-refractivity contribution is -0.187. The van der Waals surface area contributed by atoms with Crippen molar-refractivity contribution in [2.24, 2.45) is 0 Å². The van der Waals surface area contributed by atoms with Gasteiger partial charge < -0.3 is 14.5 Å². The third-order valence-electron chi connectivity index (χ3n) is 5.62. The molecule has 2 aliphatic heterocycles. The van der Waals surface area contributed by atoms with Gasteiger partial charge in [0.15, 0.2) is 0 Å². The quantitative estimate of drug-likeness (QED) is 0.647. The SMILES string of the molecule is O=C(c1ccc(OCc2ccc(Cl)s2)cc1)N1CC(N2CCN(C(=O)C(F)(F)F)CC2)C1. The summed E-state index contributed by atoms with van der Waals surface area (Å²) in [5, 5.41) is 0. The second-order valence-corrected chi connectivity index (χ2v) is 9.51. The number of hydrogen-bond acceptors (Lipinski definition) is 5. The Morgan fingerprint density at radius 1 is 1.00 bits per heavy atom. The standard InChI is InChI=1S/C21H21ClF3N3O3S/c22-18-6-5-17(32-18)13-31-16-3-1-14(2-4-16)19(29)28-11-15(12-28)26-7-9-27(10-8-26)20(30)21(23,24)25/h1-6,15H,7-13H2. The van der Waals surface area contributed by atoms with Gasteiger partial charge in [-0.2, -0.15) is 13.2 Å². The lowest BCUT2D eigenvalue weighted by Gasteiger charge is -2.48. The van der Waals surface area contributed by atoms with E-state index in [1.54, 1.807) is 29.2 Å². The predicted molar refractivity (Wildman–Crippen MR) is 114 cm³/mol. The van der Waals surface area contributed by atoms with Crippen LogP contribution in [-0.2, 0) is 11.4 Å². The van der Waals surface area contributed by atoms with Crippen LogP contribution in [0.2, 0.25) is 4.34 Å². The molecule has 0 spiro atoms. The van der Waals surface area contributed by atoms with Crippen LogP contribution in [-0.4, -0.2) is 78.0 Å². The van der Waals surface area contributed by atoms with Crippen molar-refractivity contribution in [2.45, 2.75) is 18.8 Å². The molecule has 0 N–H and O–H groups in total. The molecule has 0 radical (unpaired) electrons. The molecule has 2 aliphatic rings. The van der Waals surface area contributed by atoms with Crippen LogP contribution in [0.5, 0.6) is 5.75 Å². The molecule has 2 amide bonds. The molecular weight excluding hydrogens is 467 g/mol. The molecule has 1 aromatic heterocycles. The molecule has 2 saturated heterocycles. The number of ether oxygens (including phenoxy) is 1. The van der Waals surface area contributed by atoms with Crippen molar-refractivity contribution in [3.63, 3.8) is 0 Å². The molecule has 0 bridgehead atoms. The van der Waals surface area contributed by atoms with E-state index in [2.05, 4.69) is 0 Å². The normalized spacial score (nSPS) is 17.9. The third kappa shape index (κ3) is 5.19. The fourth-order valence-corrected chi connectivity index (χ4v) is 4.78. The van der Waals surface area contributed by atoms with Crippen molar-refractivity contribution < 1.29 is 27.5 Å². The summed E-state index contributed by atoms with van der Waals surface area (Å²) in [5.41, 5.74) is 0.551. The van der Waals surface area contributed by atoms with Crippen molar-refractivity contribution in [1.82, 2.24) is 14.7 Å². The van der Waals surface area contributed by atoms with E-state index in [1.165, 1.54) is 11.3 Å². The van der Waals surface area contributed by atoms with Crippen molar-refractivity contribution in [2.75, 3.05) is 39.3 Å². The van der Waals surface area contributed by atoms with E-state index in [4.69, 9.17) is 16.3 Å². The number of carbonyl (C=O) groups excluding carboxylic acids is 2. The largest absolute Gasteiger partial charge is 0.488 e. The Morgan fingerprint density at radius 3 is 2.22 bits per heavy atom. The van der Waals surface area contributed by atoms with Crippen LogP contribution in [0.1, 0.15) is 15.2 Å². The number of alkyl halides is 3. The van der Waals surface area contributed by atoms with E-state index in [9.17, 15) is 22.8 Å². The van der Waals surface area contributed by atoms with Gasteiger partial charge in [-0.05, 0) is 36.4 Å². The molecule has 11 heteroatoms. The number of nitrogens with zero attached hydrogens (tertiary/aromatic N) is 3. The maximum atomic E-state index is 12.7. The first kappa shape index (κ1) is 22.9. The Morgan fingerprint density at radius 2 is 1.66 bits per heavy atom. The summed E-state index contributed by atoms with van der Waals surface area (Å²) in [7, 11) is 0. The minimum atomic E-state index is -4.83.